The first kappa shape index (κ1) is 16.6. The van der Waals surface area contributed by atoms with E-state index in [0.29, 0.717) is 13.0 Å². The van der Waals surface area contributed by atoms with E-state index in [1.54, 1.807) is 4.90 Å². The first-order valence-corrected chi connectivity index (χ1v) is 8.92. The molecule has 26 heavy (non-hydrogen) atoms. The van der Waals surface area contributed by atoms with E-state index in [2.05, 4.69) is 36.4 Å². The van der Waals surface area contributed by atoms with Crippen molar-refractivity contribution in [3.05, 3.63) is 78.9 Å². The van der Waals surface area contributed by atoms with E-state index in [9.17, 15) is 9.90 Å². The number of hydrogen-bond donors (Lipinski definition) is 1. The maximum absolute atomic E-state index is 12.1. The minimum atomic E-state index is 0.0488. The van der Waals surface area contributed by atoms with Crippen LogP contribution in [0.5, 0.6) is 0 Å². The first-order valence-electron chi connectivity index (χ1n) is 8.92. The second-order valence-electron chi connectivity index (χ2n) is 6.75. The molecule has 1 amide bonds. The summed E-state index contributed by atoms with van der Waals surface area (Å²) in [5.41, 5.74) is 5.58. The Morgan fingerprint density at radius 1 is 0.769 bits per heavy atom. The molecule has 3 aromatic rings. The number of anilines is 1. The topological polar surface area (TPSA) is 40.5 Å². The number of carbonyl (C=O) groups excluding carboxylic acids is 1. The van der Waals surface area contributed by atoms with Crippen molar-refractivity contribution >= 4 is 11.6 Å². The Bertz CT molecular complexity index is 886. The lowest BCUT2D eigenvalue weighted by molar-refractivity contribution is -0.117. The molecule has 1 atom stereocenters. The first-order chi connectivity index (χ1) is 12.7. The van der Waals surface area contributed by atoms with Gasteiger partial charge in [0.2, 0.25) is 5.91 Å². The number of amides is 1. The Labute approximate surface area is 153 Å². The highest BCUT2D eigenvalue weighted by Crippen LogP contribution is 2.29. The van der Waals surface area contributed by atoms with Crippen LogP contribution < -0.4 is 4.90 Å². The van der Waals surface area contributed by atoms with Gasteiger partial charge < -0.3 is 10.0 Å². The van der Waals surface area contributed by atoms with Gasteiger partial charge in [-0.25, -0.2) is 0 Å². The van der Waals surface area contributed by atoms with Crippen LogP contribution >= 0.6 is 0 Å². The summed E-state index contributed by atoms with van der Waals surface area (Å²) in [7, 11) is 0. The van der Waals surface area contributed by atoms with Crippen molar-refractivity contribution in [3.8, 4) is 22.3 Å². The van der Waals surface area contributed by atoms with E-state index in [1.165, 1.54) is 11.1 Å². The zero-order chi connectivity index (χ0) is 17.9. The quantitative estimate of drug-likeness (QED) is 0.764. The van der Waals surface area contributed by atoms with Crippen molar-refractivity contribution in [1.82, 2.24) is 0 Å². The van der Waals surface area contributed by atoms with Gasteiger partial charge in [0.25, 0.3) is 0 Å². The summed E-state index contributed by atoms with van der Waals surface area (Å²) in [6.07, 6.45) is 0.430. The highest BCUT2D eigenvalue weighted by molar-refractivity contribution is 5.96. The van der Waals surface area contributed by atoms with E-state index < -0.39 is 0 Å². The van der Waals surface area contributed by atoms with E-state index in [4.69, 9.17) is 0 Å². The molecule has 1 saturated heterocycles. The predicted molar refractivity (Wildman–Crippen MR) is 105 cm³/mol. The minimum absolute atomic E-state index is 0.0488. The van der Waals surface area contributed by atoms with Gasteiger partial charge in [0.05, 0.1) is 0 Å². The van der Waals surface area contributed by atoms with E-state index >= 15 is 0 Å². The molecule has 130 valence electrons. The van der Waals surface area contributed by atoms with Crippen molar-refractivity contribution < 1.29 is 9.90 Å². The van der Waals surface area contributed by atoms with Gasteiger partial charge in [-0.1, -0.05) is 66.7 Å². The molecule has 0 aliphatic carbocycles. The van der Waals surface area contributed by atoms with Crippen molar-refractivity contribution in [2.75, 3.05) is 18.1 Å². The number of benzene rings is 3. The fraction of sp³-hybridized carbons (Fsp3) is 0.174. The van der Waals surface area contributed by atoms with Gasteiger partial charge in [-0.2, -0.15) is 0 Å². The van der Waals surface area contributed by atoms with Crippen LogP contribution in [0.3, 0.4) is 0 Å². The van der Waals surface area contributed by atoms with Crippen molar-refractivity contribution in [1.29, 1.82) is 0 Å². The number of nitrogens with zero attached hydrogens (tertiary/aromatic N) is 1. The number of hydrogen-bond acceptors (Lipinski definition) is 2. The average molecular weight is 343 g/mol. The van der Waals surface area contributed by atoms with Crippen molar-refractivity contribution in [2.24, 2.45) is 5.92 Å². The number of rotatable bonds is 4. The third kappa shape index (κ3) is 3.26. The van der Waals surface area contributed by atoms with Crippen LogP contribution in [0.25, 0.3) is 22.3 Å². The fourth-order valence-electron chi connectivity index (χ4n) is 3.47. The van der Waals surface area contributed by atoms with Crippen LogP contribution in [0, 0.1) is 5.92 Å². The monoisotopic (exact) mass is 343 g/mol. The van der Waals surface area contributed by atoms with Gasteiger partial charge in [-0.3, -0.25) is 4.79 Å². The van der Waals surface area contributed by atoms with Gasteiger partial charge in [0.1, 0.15) is 0 Å². The fourth-order valence-corrected chi connectivity index (χ4v) is 3.47. The van der Waals surface area contributed by atoms with Crippen LogP contribution in [0.1, 0.15) is 6.42 Å². The normalized spacial score (nSPS) is 16.9. The molecular formula is C23H21NO2. The molecule has 3 heteroatoms. The van der Waals surface area contributed by atoms with Crippen LogP contribution in [-0.2, 0) is 4.79 Å². The third-order valence-corrected chi connectivity index (χ3v) is 4.97. The lowest BCUT2D eigenvalue weighted by Gasteiger charge is -2.17. The summed E-state index contributed by atoms with van der Waals surface area (Å²) in [6.45, 7) is 0.661. The molecule has 0 bridgehead atoms. The van der Waals surface area contributed by atoms with Crippen LogP contribution in [0.4, 0.5) is 5.69 Å². The van der Waals surface area contributed by atoms with Crippen LogP contribution in [-0.4, -0.2) is 24.2 Å². The maximum atomic E-state index is 12.1. The van der Waals surface area contributed by atoms with E-state index in [1.807, 2.05) is 42.5 Å². The SMILES string of the molecule is O=C1CC(CO)CN1c1ccc(-c2ccc(-c3ccccc3)cc2)cc1. The predicted octanol–water partition coefficient (Wildman–Crippen LogP) is 4.37. The molecule has 1 N–H and O–H groups in total. The maximum Gasteiger partial charge on any atom is 0.227 e. The molecule has 3 nitrogen and oxygen atoms in total. The molecule has 1 aliphatic rings. The van der Waals surface area contributed by atoms with E-state index in [0.717, 1.165) is 16.8 Å². The van der Waals surface area contributed by atoms with Crippen LogP contribution in [0.2, 0.25) is 0 Å². The summed E-state index contributed by atoms with van der Waals surface area (Å²) in [5.74, 6) is 0.136. The highest BCUT2D eigenvalue weighted by atomic mass is 16.3. The summed E-state index contributed by atoms with van der Waals surface area (Å²) < 4.78 is 0. The number of aliphatic hydroxyl groups excluding tert-OH is 1. The van der Waals surface area contributed by atoms with Crippen LogP contribution in [0.15, 0.2) is 78.9 Å². The molecule has 1 heterocycles. The summed E-state index contributed by atoms with van der Waals surface area (Å²) in [4.78, 5) is 13.9. The Hall–Kier alpha value is -2.91. The smallest absolute Gasteiger partial charge is 0.227 e. The van der Waals surface area contributed by atoms with Crippen molar-refractivity contribution in [2.45, 2.75) is 6.42 Å². The summed E-state index contributed by atoms with van der Waals surface area (Å²) in [5, 5.41) is 9.27. The Morgan fingerprint density at radius 3 is 1.77 bits per heavy atom. The Balaban J connectivity index is 1.53. The van der Waals surface area contributed by atoms with Gasteiger partial charge in [0.15, 0.2) is 0 Å². The molecule has 0 saturated carbocycles. The largest absolute Gasteiger partial charge is 0.396 e. The third-order valence-electron chi connectivity index (χ3n) is 4.97. The molecule has 1 unspecified atom stereocenters. The summed E-state index contributed by atoms with van der Waals surface area (Å²) >= 11 is 0. The average Bonchev–Trinajstić information content (AvgIpc) is 3.10. The van der Waals surface area contributed by atoms with Gasteiger partial charge >= 0.3 is 0 Å². The van der Waals surface area contributed by atoms with Gasteiger partial charge in [0, 0.05) is 31.2 Å². The molecule has 1 fully saturated rings. The molecule has 3 aromatic carbocycles. The number of aliphatic hydroxyl groups is 1. The zero-order valence-corrected chi connectivity index (χ0v) is 14.5. The second-order valence-corrected chi connectivity index (χ2v) is 6.75. The lowest BCUT2D eigenvalue weighted by atomic mass is 10.0. The van der Waals surface area contributed by atoms with Crippen molar-refractivity contribution in [3.63, 3.8) is 0 Å². The standard InChI is InChI=1S/C23H21NO2/c25-16-17-14-23(26)24(15-17)22-12-10-21(11-13-22)20-8-6-19(7-9-20)18-4-2-1-3-5-18/h1-13,17,25H,14-16H2. The Kier molecular flexibility index (Phi) is 4.55. The Morgan fingerprint density at radius 2 is 1.27 bits per heavy atom. The zero-order valence-electron chi connectivity index (χ0n) is 14.5. The molecule has 0 spiro atoms. The highest BCUT2D eigenvalue weighted by Gasteiger charge is 2.29. The van der Waals surface area contributed by atoms with Gasteiger partial charge in [-0.15, -0.1) is 0 Å². The van der Waals surface area contributed by atoms with E-state index in [-0.39, 0.29) is 18.4 Å². The van der Waals surface area contributed by atoms with Gasteiger partial charge in [-0.05, 0) is 34.4 Å². The lowest BCUT2D eigenvalue weighted by Crippen LogP contribution is -2.24. The minimum Gasteiger partial charge on any atom is -0.396 e. The molecule has 4 rings (SSSR count). The molecule has 0 aromatic heterocycles. The second kappa shape index (κ2) is 7.14. The molecule has 1 aliphatic heterocycles. The molecular weight excluding hydrogens is 322 g/mol. The summed E-state index contributed by atoms with van der Waals surface area (Å²) in [6, 6.07) is 26.9. The number of carbonyl (C=O) groups is 1. The molecule has 0 radical (unpaired) electrons.